The van der Waals surface area contributed by atoms with Gasteiger partial charge >= 0.3 is 5.97 Å². The van der Waals surface area contributed by atoms with E-state index in [9.17, 15) is 14.9 Å². The number of hydrogen-bond acceptors (Lipinski definition) is 5. The molecular formula is C14H10ClNO5. The van der Waals surface area contributed by atoms with Gasteiger partial charge in [0.25, 0.3) is 5.69 Å². The molecule has 2 aromatic rings. The molecule has 7 heteroatoms. The molecule has 0 atom stereocenters. The molecule has 0 aliphatic rings. The van der Waals surface area contributed by atoms with Crippen molar-refractivity contribution in [3.63, 3.8) is 0 Å². The topological polar surface area (TPSA) is 82.6 Å². The average molecular weight is 308 g/mol. The minimum Gasteiger partial charge on any atom is -0.466 e. The molecule has 1 aromatic heterocycles. The van der Waals surface area contributed by atoms with E-state index in [0.717, 1.165) is 6.08 Å². The summed E-state index contributed by atoms with van der Waals surface area (Å²) >= 11 is 5.90. The van der Waals surface area contributed by atoms with E-state index in [1.807, 2.05) is 0 Å². The third-order valence-corrected chi connectivity index (χ3v) is 2.87. The molecule has 0 saturated carbocycles. The minimum atomic E-state index is -0.603. The first-order valence-electron chi connectivity index (χ1n) is 5.87. The molecule has 0 bridgehead atoms. The molecule has 0 saturated heterocycles. The van der Waals surface area contributed by atoms with Crippen LogP contribution in [0.1, 0.15) is 11.3 Å². The van der Waals surface area contributed by atoms with Gasteiger partial charge in [0.15, 0.2) is 0 Å². The van der Waals surface area contributed by atoms with Crippen LogP contribution in [0.2, 0.25) is 5.02 Å². The van der Waals surface area contributed by atoms with Gasteiger partial charge in [0, 0.05) is 28.8 Å². The molecule has 0 radical (unpaired) electrons. The van der Waals surface area contributed by atoms with Gasteiger partial charge in [-0.05, 0) is 24.3 Å². The van der Waals surface area contributed by atoms with Gasteiger partial charge < -0.3 is 9.15 Å². The van der Waals surface area contributed by atoms with Crippen LogP contribution in [0.25, 0.3) is 6.08 Å². The summed E-state index contributed by atoms with van der Waals surface area (Å²) in [7, 11) is 0. The first kappa shape index (κ1) is 14.8. The van der Waals surface area contributed by atoms with Gasteiger partial charge in [0.2, 0.25) is 0 Å². The fraction of sp³-hybridized carbons (Fsp3) is 0.0714. The molecule has 0 aliphatic carbocycles. The molecule has 0 N–H and O–H groups in total. The number of rotatable bonds is 5. The molecule has 1 heterocycles. The normalized spacial score (nSPS) is 10.7. The number of hydrogen-bond donors (Lipinski definition) is 0. The van der Waals surface area contributed by atoms with E-state index in [2.05, 4.69) is 0 Å². The summed E-state index contributed by atoms with van der Waals surface area (Å²) in [6.45, 7) is 0.0127. The Morgan fingerprint density at radius 3 is 2.90 bits per heavy atom. The first-order valence-corrected chi connectivity index (χ1v) is 6.25. The predicted octanol–water partition coefficient (Wildman–Crippen LogP) is 3.60. The van der Waals surface area contributed by atoms with Crippen LogP contribution >= 0.6 is 11.6 Å². The van der Waals surface area contributed by atoms with Crippen molar-refractivity contribution in [2.75, 3.05) is 0 Å². The van der Waals surface area contributed by atoms with Crippen molar-refractivity contribution in [3.05, 3.63) is 69.1 Å². The number of non-ortho nitro benzene ring substituents is 1. The highest BCUT2D eigenvalue weighted by Gasteiger charge is 2.08. The maximum Gasteiger partial charge on any atom is 0.331 e. The average Bonchev–Trinajstić information content (AvgIpc) is 2.97. The molecule has 6 nitrogen and oxygen atoms in total. The second-order valence-electron chi connectivity index (χ2n) is 3.98. The highest BCUT2D eigenvalue weighted by Crippen LogP contribution is 2.23. The molecule has 0 amide bonds. The lowest BCUT2D eigenvalue weighted by Crippen LogP contribution is -1.99. The number of nitro groups is 1. The minimum absolute atomic E-state index is 0.0127. The third-order valence-electron chi connectivity index (χ3n) is 2.53. The van der Waals surface area contributed by atoms with Crippen LogP contribution in [0, 0.1) is 10.1 Å². The Kier molecular flexibility index (Phi) is 4.73. The number of benzene rings is 1. The van der Waals surface area contributed by atoms with Crippen LogP contribution in [0.15, 0.2) is 47.1 Å². The van der Waals surface area contributed by atoms with Gasteiger partial charge in [-0.25, -0.2) is 4.79 Å². The number of esters is 1. The highest BCUT2D eigenvalue weighted by molar-refractivity contribution is 6.32. The van der Waals surface area contributed by atoms with Crippen LogP contribution in [0.3, 0.4) is 0 Å². The molecule has 1 aromatic carbocycles. The zero-order valence-corrected chi connectivity index (χ0v) is 11.4. The molecule has 0 aliphatic heterocycles. The van der Waals surface area contributed by atoms with E-state index in [0.29, 0.717) is 16.3 Å². The molecule has 0 fully saturated rings. The number of furan rings is 1. The fourth-order valence-electron chi connectivity index (χ4n) is 1.52. The highest BCUT2D eigenvalue weighted by atomic mass is 35.5. The summed E-state index contributed by atoms with van der Waals surface area (Å²) in [5.74, 6) is -0.0842. The molecule has 0 unspecified atom stereocenters. The smallest absolute Gasteiger partial charge is 0.331 e. The second-order valence-corrected chi connectivity index (χ2v) is 4.39. The molecule has 21 heavy (non-hydrogen) atoms. The Morgan fingerprint density at radius 2 is 2.24 bits per heavy atom. The van der Waals surface area contributed by atoms with Crippen molar-refractivity contribution >= 4 is 29.3 Å². The van der Waals surface area contributed by atoms with Crippen LogP contribution in [-0.2, 0) is 16.1 Å². The molecule has 2 rings (SSSR count). The van der Waals surface area contributed by atoms with Gasteiger partial charge in [-0.15, -0.1) is 0 Å². The first-order chi connectivity index (χ1) is 10.1. The van der Waals surface area contributed by atoms with E-state index in [4.69, 9.17) is 20.8 Å². The van der Waals surface area contributed by atoms with Crippen molar-refractivity contribution < 1.29 is 18.9 Å². The van der Waals surface area contributed by atoms with Gasteiger partial charge in [0.05, 0.1) is 11.2 Å². The molecule has 108 valence electrons. The van der Waals surface area contributed by atoms with Crippen LogP contribution in [0.4, 0.5) is 5.69 Å². The van der Waals surface area contributed by atoms with Crippen molar-refractivity contribution in [2.24, 2.45) is 0 Å². The Bertz CT molecular complexity index is 679. The number of nitrogens with zero attached hydrogens (tertiary/aromatic N) is 1. The lowest BCUT2D eigenvalue weighted by atomic mass is 10.2. The standard InChI is InChI=1S/C14H10ClNO5/c15-13-5-4-11(16(18)19)8-10(13)3-6-14(17)21-9-12-2-1-7-20-12/h1-8H,9H2/b6-3+. The molecular weight excluding hydrogens is 298 g/mol. The van der Waals surface area contributed by atoms with Crippen LogP contribution in [-0.4, -0.2) is 10.9 Å². The fourth-order valence-corrected chi connectivity index (χ4v) is 1.70. The number of nitro benzene ring substituents is 1. The predicted molar refractivity (Wildman–Crippen MR) is 75.6 cm³/mol. The zero-order valence-electron chi connectivity index (χ0n) is 10.7. The number of carbonyl (C=O) groups is 1. The van der Waals surface area contributed by atoms with Gasteiger partial charge in [0.1, 0.15) is 12.4 Å². The summed E-state index contributed by atoms with van der Waals surface area (Å²) in [4.78, 5) is 21.6. The van der Waals surface area contributed by atoms with E-state index in [-0.39, 0.29) is 12.3 Å². The Morgan fingerprint density at radius 1 is 1.43 bits per heavy atom. The lowest BCUT2D eigenvalue weighted by Gasteiger charge is -2.00. The maximum absolute atomic E-state index is 11.5. The van der Waals surface area contributed by atoms with E-state index < -0.39 is 10.9 Å². The van der Waals surface area contributed by atoms with Crippen molar-refractivity contribution in [1.82, 2.24) is 0 Å². The van der Waals surface area contributed by atoms with Crippen molar-refractivity contribution in [1.29, 1.82) is 0 Å². The largest absolute Gasteiger partial charge is 0.466 e. The van der Waals surface area contributed by atoms with Crippen LogP contribution < -0.4 is 0 Å². The number of halogens is 1. The number of ether oxygens (including phenoxy) is 1. The van der Waals surface area contributed by atoms with Crippen molar-refractivity contribution in [3.8, 4) is 0 Å². The van der Waals surface area contributed by atoms with Gasteiger partial charge in [-0.1, -0.05) is 11.6 Å². The Labute approximate surface area is 124 Å². The quantitative estimate of drug-likeness (QED) is 0.365. The Balaban J connectivity index is 2.01. The van der Waals surface area contributed by atoms with E-state index in [1.54, 1.807) is 12.1 Å². The van der Waals surface area contributed by atoms with Gasteiger partial charge in [-0.2, -0.15) is 0 Å². The SMILES string of the molecule is O=C(/C=C/c1cc([N+](=O)[O-])ccc1Cl)OCc1ccco1. The summed E-state index contributed by atoms with van der Waals surface area (Å²) in [6, 6.07) is 7.32. The summed E-state index contributed by atoms with van der Waals surface area (Å²) in [6.07, 6.45) is 3.98. The zero-order chi connectivity index (χ0) is 15.2. The maximum atomic E-state index is 11.5. The van der Waals surface area contributed by atoms with Gasteiger partial charge in [-0.3, -0.25) is 10.1 Å². The van der Waals surface area contributed by atoms with Crippen molar-refractivity contribution in [2.45, 2.75) is 6.61 Å². The third kappa shape index (κ3) is 4.19. The van der Waals surface area contributed by atoms with E-state index >= 15 is 0 Å². The second kappa shape index (κ2) is 6.71. The van der Waals surface area contributed by atoms with Crippen LogP contribution in [0.5, 0.6) is 0 Å². The lowest BCUT2D eigenvalue weighted by molar-refractivity contribution is -0.384. The Hall–Kier alpha value is -2.60. The monoisotopic (exact) mass is 307 g/mol. The summed E-state index contributed by atoms with van der Waals surface area (Å²) < 4.78 is 9.94. The van der Waals surface area contributed by atoms with E-state index in [1.165, 1.54) is 30.5 Å². The summed E-state index contributed by atoms with van der Waals surface area (Å²) in [5.41, 5.74) is 0.254. The number of carbonyl (C=O) groups excluding carboxylic acids is 1. The summed E-state index contributed by atoms with van der Waals surface area (Å²) in [5, 5.41) is 11.0. The molecule has 0 spiro atoms.